The highest BCUT2D eigenvalue weighted by Crippen LogP contribution is 2.05. The van der Waals surface area contributed by atoms with E-state index in [9.17, 15) is 4.79 Å². The van der Waals surface area contributed by atoms with E-state index in [1.807, 2.05) is 0 Å². The highest BCUT2D eigenvalue weighted by molar-refractivity contribution is 5.48. The Morgan fingerprint density at radius 1 is 0.571 bits per heavy atom. The molecule has 0 aliphatic heterocycles. The van der Waals surface area contributed by atoms with Gasteiger partial charge in [-0.1, -0.05) is 69.1 Å². The molecule has 0 unspecified atom stereocenters. The fourth-order valence-electron chi connectivity index (χ4n) is 2.13. The highest BCUT2D eigenvalue weighted by Gasteiger charge is 1.87. The van der Waals surface area contributed by atoms with Gasteiger partial charge in [0.15, 0.2) is 0 Å². The van der Waals surface area contributed by atoms with E-state index in [1.54, 1.807) is 0 Å². The van der Waals surface area contributed by atoms with Crippen LogP contribution in [0, 0.1) is 0 Å². The number of hydrogen-bond donors (Lipinski definition) is 0. The maximum absolute atomic E-state index is 10.1. The van der Waals surface area contributed by atoms with E-state index in [0.717, 1.165) is 32.0 Å². The molecule has 0 aromatic rings. The summed E-state index contributed by atoms with van der Waals surface area (Å²) >= 11 is 0. The Morgan fingerprint density at radius 3 is 1.57 bits per heavy atom. The van der Waals surface area contributed by atoms with Crippen molar-refractivity contribution in [1.29, 1.82) is 0 Å². The molecule has 0 atom stereocenters. The van der Waals surface area contributed by atoms with Crippen LogP contribution in [-0.4, -0.2) is 6.29 Å². The van der Waals surface area contributed by atoms with Crippen LogP contribution < -0.4 is 0 Å². The van der Waals surface area contributed by atoms with Gasteiger partial charge in [-0.05, 0) is 44.9 Å². The summed E-state index contributed by atoms with van der Waals surface area (Å²) in [5, 5.41) is 0. The first-order valence-electron chi connectivity index (χ1n) is 8.80. The monoisotopic (exact) mass is 290 g/mol. The summed E-state index contributed by atoms with van der Waals surface area (Å²) in [4.78, 5) is 10.1. The van der Waals surface area contributed by atoms with Gasteiger partial charge < -0.3 is 4.79 Å². The SMILES string of the molecule is CCCCC/C=C/C/C=C/C/C=C/CCCCCCC=O. The van der Waals surface area contributed by atoms with Gasteiger partial charge in [-0.15, -0.1) is 0 Å². The molecule has 0 aliphatic carbocycles. The number of hydrogen-bond acceptors (Lipinski definition) is 1. The van der Waals surface area contributed by atoms with E-state index < -0.39 is 0 Å². The van der Waals surface area contributed by atoms with Gasteiger partial charge in [0, 0.05) is 6.42 Å². The zero-order chi connectivity index (χ0) is 15.4. The topological polar surface area (TPSA) is 17.1 Å². The molecule has 21 heavy (non-hydrogen) atoms. The van der Waals surface area contributed by atoms with E-state index in [1.165, 1.54) is 51.4 Å². The van der Waals surface area contributed by atoms with Gasteiger partial charge >= 0.3 is 0 Å². The van der Waals surface area contributed by atoms with Crippen molar-refractivity contribution in [3.8, 4) is 0 Å². The van der Waals surface area contributed by atoms with Gasteiger partial charge in [-0.25, -0.2) is 0 Å². The fraction of sp³-hybridized carbons (Fsp3) is 0.650. The summed E-state index contributed by atoms with van der Waals surface area (Å²) in [6, 6.07) is 0. The predicted molar refractivity (Wildman–Crippen MR) is 94.6 cm³/mol. The molecule has 0 aromatic heterocycles. The van der Waals surface area contributed by atoms with Crippen LogP contribution in [0.2, 0.25) is 0 Å². The molecule has 0 fully saturated rings. The molecular formula is C20H34O. The summed E-state index contributed by atoms with van der Waals surface area (Å²) < 4.78 is 0. The molecule has 0 N–H and O–H groups in total. The fourth-order valence-corrected chi connectivity index (χ4v) is 2.13. The van der Waals surface area contributed by atoms with Crippen LogP contribution >= 0.6 is 0 Å². The average molecular weight is 290 g/mol. The molecule has 0 saturated heterocycles. The average Bonchev–Trinajstić information content (AvgIpc) is 2.50. The summed E-state index contributed by atoms with van der Waals surface area (Å²) in [6.45, 7) is 2.24. The van der Waals surface area contributed by atoms with Gasteiger partial charge in [0.2, 0.25) is 0 Å². The second-order valence-electron chi connectivity index (χ2n) is 5.54. The first-order valence-corrected chi connectivity index (χ1v) is 8.80. The highest BCUT2D eigenvalue weighted by atomic mass is 16.1. The Morgan fingerprint density at radius 2 is 1.05 bits per heavy atom. The van der Waals surface area contributed by atoms with Crippen LogP contribution in [0.25, 0.3) is 0 Å². The Balaban J connectivity index is 3.26. The van der Waals surface area contributed by atoms with Crippen LogP contribution in [0.5, 0.6) is 0 Å². The molecule has 0 saturated carbocycles. The zero-order valence-corrected chi connectivity index (χ0v) is 13.9. The lowest BCUT2D eigenvalue weighted by atomic mass is 10.1. The van der Waals surface area contributed by atoms with Crippen LogP contribution in [0.3, 0.4) is 0 Å². The standard InChI is InChI=1S/C20H34O/c1-2-3-4-5-6-7-8-9-10-11-12-13-14-15-16-17-18-19-20-21/h6-7,9-10,12-13,20H,2-5,8,11,14-19H2,1H3/b7-6+,10-9+,13-12+. The minimum atomic E-state index is 0.730. The molecule has 0 spiro atoms. The maximum Gasteiger partial charge on any atom is 0.119 e. The van der Waals surface area contributed by atoms with Crippen molar-refractivity contribution in [2.75, 3.05) is 0 Å². The van der Waals surface area contributed by atoms with E-state index in [4.69, 9.17) is 0 Å². The molecule has 120 valence electrons. The minimum Gasteiger partial charge on any atom is -0.303 e. The van der Waals surface area contributed by atoms with E-state index >= 15 is 0 Å². The van der Waals surface area contributed by atoms with Crippen LogP contribution in [0.1, 0.15) is 84.0 Å². The molecule has 0 rings (SSSR count). The number of allylic oxidation sites excluding steroid dienone is 6. The largest absolute Gasteiger partial charge is 0.303 e. The maximum atomic E-state index is 10.1. The first-order chi connectivity index (χ1) is 10.4. The number of unbranched alkanes of at least 4 members (excludes halogenated alkanes) is 8. The van der Waals surface area contributed by atoms with Gasteiger partial charge in [-0.2, -0.15) is 0 Å². The normalized spacial score (nSPS) is 12.0. The van der Waals surface area contributed by atoms with Crippen molar-refractivity contribution < 1.29 is 4.79 Å². The van der Waals surface area contributed by atoms with E-state index in [0.29, 0.717) is 0 Å². The van der Waals surface area contributed by atoms with E-state index in [-0.39, 0.29) is 0 Å². The van der Waals surface area contributed by atoms with Crippen molar-refractivity contribution in [3.63, 3.8) is 0 Å². The molecule has 0 aromatic carbocycles. The number of rotatable bonds is 15. The van der Waals surface area contributed by atoms with Crippen molar-refractivity contribution in [3.05, 3.63) is 36.5 Å². The molecule has 0 aliphatic rings. The van der Waals surface area contributed by atoms with Crippen LogP contribution in [-0.2, 0) is 4.79 Å². The third-order valence-corrected chi connectivity index (χ3v) is 3.46. The lowest BCUT2D eigenvalue weighted by Crippen LogP contribution is -1.79. The molecule has 0 amide bonds. The Labute approximate surface area is 132 Å². The van der Waals surface area contributed by atoms with Crippen molar-refractivity contribution in [2.45, 2.75) is 84.0 Å². The van der Waals surface area contributed by atoms with Gasteiger partial charge in [0.05, 0.1) is 0 Å². The summed E-state index contributed by atoms with van der Waals surface area (Å²) in [5.41, 5.74) is 0. The van der Waals surface area contributed by atoms with Crippen molar-refractivity contribution >= 4 is 6.29 Å². The Kier molecular flexibility index (Phi) is 17.9. The number of carbonyl (C=O) groups excluding carboxylic acids is 1. The lowest BCUT2D eigenvalue weighted by Gasteiger charge is -1.95. The summed E-state index contributed by atoms with van der Waals surface area (Å²) in [7, 11) is 0. The summed E-state index contributed by atoms with van der Waals surface area (Å²) in [5.74, 6) is 0. The zero-order valence-electron chi connectivity index (χ0n) is 13.9. The molecule has 0 radical (unpaired) electrons. The number of aldehydes is 1. The second-order valence-corrected chi connectivity index (χ2v) is 5.54. The van der Waals surface area contributed by atoms with Crippen molar-refractivity contribution in [2.24, 2.45) is 0 Å². The smallest absolute Gasteiger partial charge is 0.119 e. The molecular weight excluding hydrogens is 256 g/mol. The van der Waals surface area contributed by atoms with Gasteiger partial charge in [0.25, 0.3) is 0 Å². The predicted octanol–water partition coefficient (Wildman–Crippen LogP) is 6.56. The molecule has 1 heteroatoms. The molecule has 0 heterocycles. The Bertz CT molecular complexity index is 286. The molecule has 0 bridgehead atoms. The quantitative estimate of drug-likeness (QED) is 0.190. The van der Waals surface area contributed by atoms with E-state index in [2.05, 4.69) is 43.4 Å². The molecule has 1 nitrogen and oxygen atoms in total. The lowest BCUT2D eigenvalue weighted by molar-refractivity contribution is -0.107. The van der Waals surface area contributed by atoms with Gasteiger partial charge in [-0.3, -0.25) is 0 Å². The minimum absolute atomic E-state index is 0.730. The first kappa shape index (κ1) is 19.9. The number of carbonyl (C=O) groups is 1. The van der Waals surface area contributed by atoms with Crippen LogP contribution in [0.4, 0.5) is 0 Å². The van der Waals surface area contributed by atoms with Crippen LogP contribution in [0.15, 0.2) is 36.5 Å². The third kappa shape index (κ3) is 18.9. The summed E-state index contributed by atoms with van der Waals surface area (Å²) in [6.07, 6.45) is 28.6. The van der Waals surface area contributed by atoms with Crippen molar-refractivity contribution in [1.82, 2.24) is 0 Å². The Hall–Kier alpha value is -1.11. The third-order valence-electron chi connectivity index (χ3n) is 3.46. The van der Waals surface area contributed by atoms with Gasteiger partial charge in [0.1, 0.15) is 6.29 Å². The second kappa shape index (κ2) is 18.9.